The van der Waals surface area contributed by atoms with Crippen molar-refractivity contribution in [3.05, 3.63) is 12.2 Å². The number of carbonyl (C=O) groups is 1. The van der Waals surface area contributed by atoms with Crippen LogP contribution in [-0.2, 0) is 9.53 Å². The molecule has 2 aliphatic rings. The van der Waals surface area contributed by atoms with Crippen LogP contribution in [0.15, 0.2) is 12.2 Å². The maximum Gasteiger partial charge on any atom is 0.330 e. The summed E-state index contributed by atoms with van der Waals surface area (Å²) in [6, 6.07) is 0. The van der Waals surface area contributed by atoms with Crippen molar-refractivity contribution in [2.75, 3.05) is 19.7 Å². The van der Waals surface area contributed by atoms with Gasteiger partial charge in [0.05, 0.1) is 6.61 Å². The summed E-state index contributed by atoms with van der Waals surface area (Å²) in [5.41, 5.74) is 0.187. The van der Waals surface area contributed by atoms with Crippen LogP contribution in [0.3, 0.4) is 0 Å². The first kappa shape index (κ1) is 10.7. The lowest BCUT2D eigenvalue weighted by atomic mass is 9.94. The van der Waals surface area contributed by atoms with Crippen LogP contribution >= 0.6 is 0 Å². The van der Waals surface area contributed by atoms with Crippen LogP contribution in [0.25, 0.3) is 0 Å². The largest absolute Gasteiger partial charge is 0.463 e. The highest BCUT2D eigenvalue weighted by Gasteiger charge is 2.42. The molecule has 2 fully saturated rings. The molecule has 0 N–H and O–H groups in total. The molecule has 0 radical (unpaired) electrons. The molecule has 0 aromatic heterocycles. The van der Waals surface area contributed by atoms with Crippen LogP contribution in [0.2, 0.25) is 0 Å². The molecule has 0 aromatic carbocycles. The van der Waals surface area contributed by atoms with Crippen LogP contribution in [0, 0.1) is 0 Å². The maximum absolute atomic E-state index is 11.3. The fourth-order valence-electron chi connectivity index (χ4n) is 2.84. The van der Waals surface area contributed by atoms with E-state index in [1.165, 1.54) is 38.8 Å². The van der Waals surface area contributed by atoms with E-state index in [2.05, 4.69) is 11.0 Å². The molecule has 0 atom stereocenters. The van der Waals surface area contributed by atoms with Gasteiger partial charge in [0, 0.05) is 11.6 Å². The monoisotopic (exact) mass is 209 g/mol. The molecule has 0 aliphatic carbocycles. The van der Waals surface area contributed by atoms with Crippen LogP contribution in [0.4, 0.5) is 0 Å². The molecular formula is C12H19NO2. The van der Waals surface area contributed by atoms with E-state index in [1.54, 1.807) is 6.08 Å². The van der Waals surface area contributed by atoms with Crippen molar-refractivity contribution in [2.24, 2.45) is 0 Å². The van der Waals surface area contributed by atoms with E-state index in [-0.39, 0.29) is 11.5 Å². The van der Waals surface area contributed by atoms with E-state index < -0.39 is 0 Å². The Morgan fingerprint density at radius 2 is 2.07 bits per heavy atom. The molecule has 3 heteroatoms. The normalized spacial score (nSPS) is 24.6. The van der Waals surface area contributed by atoms with Gasteiger partial charge in [0.1, 0.15) is 0 Å². The summed E-state index contributed by atoms with van der Waals surface area (Å²) in [7, 11) is 0. The summed E-state index contributed by atoms with van der Waals surface area (Å²) in [6.45, 7) is 4.67. The van der Waals surface area contributed by atoms with Gasteiger partial charge in [-0.15, -0.1) is 0 Å². The molecule has 0 bridgehead atoms. The molecule has 2 rings (SSSR count). The van der Waals surface area contributed by atoms with E-state index >= 15 is 0 Å². The van der Waals surface area contributed by atoms with Gasteiger partial charge in [-0.05, 0) is 45.7 Å². The van der Waals surface area contributed by atoms with E-state index in [0.717, 1.165) is 0 Å². The highest BCUT2D eigenvalue weighted by atomic mass is 16.5. The molecular weight excluding hydrogens is 190 g/mol. The first-order valence-electron chi connectivity index (χ1n) is 5.88. The molecule has 84 valence electrons. The second-order valence-electron chi connectivity index (χ2n) is 4.38. The Kier molecular flexibility index (Phi) is 3.10. The topological polar surface area (TPSA) is 29.5 Å². The Balaban J connectivity index is 2.00. The summed E-state index contributed by atoms with van der Waals surface area (Å²) in [4.78, 5) is 13.8. The zero-order valence-electron chi connectivity index (χ0n) is 9.37. The molecule has 0 spiro atoms. The molecule has 2 heterocycles. The van der Waals surface area contributed by atoms with Gasteiger partial charge in [-0.25, -0.2) is 4.79 Å². The molecule has 3 nitrogen and oxygen atoms in total. The highest BCUT2D eigenvalue weighted by Crippen LogP contribution is 2.39. The fourth-order valence-corrected chi connectivity index (χ4v) is 2.84. The van der Waals surface area contributed by atoms with E-state index in [1.807, 2.05) is 6.92 Å². The van der Waals surface area contributed by atoms with Crippen molar-refractivity contribution >= 4 is 5.97 Å². The van der Waals surface area contributed by atoms with Gasteiger partial charge in [0.15, 0.2) is 0 Å². The Bertz CT molecular complexity index is 263. The van der Waals surface area contributed by atoms with Crippen molar-refractivity contribution in [3.63, 3.8) is 0 Å². The summed E-state index contributed by atoms with van der Waals surface area (Å²) < 4.78 is 4.90. The quantitative estimate of drug-likeness (QED) is 0.523. The molecule has 0 amide bonds. The van der Waals surface area contributed by atoms with E-state index in [9.17, 15) is 4.79 Å². The van der Waals surface area contributed by atoms with Gasteiger partial charge in [-0.1, -0.05) is 6.08 Å². The number of nitrogens with zero attached hydrogens (tertiary/aromatic N) is 1. The first-order chi connectivity index (χ1) is 7.27. The second-order valence-corrected chi connectivity index (χ2v) is 4.38. The van der Waals surface area contributed by atoms with Gasteiger partial charge >= 0.3 is 5.97 Å². The van der Waals surface area contributed by atoms with Gasteiger partial charge in [-0.3, -0.25) is 4.90 Å². The van der Waals surface area contributed by atoms with E-state index in [0.29, 0.717) is 6.61 Å². The first-order valence-corrected chi connectivity index (χ1v) is 5.88. The lowest BCUT2D eigenvalue weighted by molar-refractivity contribution is -0.137. The minimum atomic E-state index is -0.203. The Morgan fingerprint density at radius 3 is 2.67 bits per heavy atom. The summed E-state index contributed by atoms with van der Waals surface area (Å²) in [5, 5.41) is 0. The predicted molar refractivity (Wildman–Crippen MR) is 58.5 cm³/mol. The zero-order valence-corrected chi connectivity index (χ0v) is 9.37. The Hall–Kier alpha value is -0.830. The van der Waals surface area contributed by atoms with Crippen molar-refractivity contribution in [3.8, 4) is 0 Å². The minimum Gasteiger partial charge on any atom is -0.463 e. The number of fused-ring (bicyclic) bond motifs is 1. The van der Waals surface area contributed by atoms with Crippen molar-refractivity contribution in [1.29, 1.82) is 0 Å². The van der Waals surface area contributed by atoms with Gasteiger partial charge in [0.25, 0.3) is 0 Å². The summed E-state index contributed by atoms with van der Waals surface area (Å²) >= 11 is 0. The molecule has 15 heavy (non-hydrogen) atoms. The highest BCUT2D eigenvalue weighted by molar-refractivity contribution is 5.82. The lowest BCUT2D eigenvalue weighted by Crippen LogP contribution is -2.36. The number of esters is 1. The van der Waals surface area contributed by atoms with Gasteiger partial charge in [-0.2, -0.15) is 0 Å². The third-order valence-electron chi connectivity index (χ3n) is 3.52. The van der Waals surface area contributed by atoms with Crippen LogP contribution in [0.1, 0.15) is 32.6 Å². The molecule has 2 aliphatic heterocycles. The third-order valence-corrected chi connectivity index (χ3v) is 3.52. The molecule has 2 saturated heterocycles. The number of hydrogen-bond acceptors (Lipinski definition) is 3. The summed E-state index contributed by atoms with van der Waals surface area (Å²) in [6.07, 6.45) is 8.60. The van der Waals surface area contributed by atoms with Crippen molar-refractivity contribution in [2.45, 2.75) is 38.1 Å². The standard InChI is InChI=1S/C12H19NO2/c1-2-15-11(14)5-8-12-6-3-9-13(12)10-4-7-12/h5,8H,2-4,6-7,9-10H2,1H3/b8-5+. The Labute approximate surface area is 91.1 Å². The number of rotatable bonds is 3. The smallest absolute Gasteiger partial charge is 0.330 e. The Morgan fingerprint density at radius 1 is 1.40 bits per heavy atom. The molecule has 0 saturated carbocycles. The maximum atomic E-state index is 11.3. The summed E-state index contributed by atoms with van der Waals surface area (Å²) in [5.74, 6) is -0.203. The third kappa shape index (κ3) is 2.07. The zero-order chi connectivity index (χ0) is 10.7. The lowest BCUT2D eigenvalue weighted by Gasteiger charge is -2.28. The van der Waals surface area contributed by atoms with Crippen molar-refractivity contribution in [1.82, 2.24) is 4.90 Å². The SMILES string of the molecule is CCOC(=O)/C=C/C12CCCN1CCC2. The van der Waals surface area contributed by atoms with Crippen LogP contribution < -0.4 is 0 Å². The number of carbonyl (C=O) groups excluding carboxylic acids is 1. The predicted octanol–water partition coefficient (Wildman–Crippen LogP) is 1.73. The average molecular weight is 209 g/mol. The minimum absolute atomic E-state index is 0.187. The average Bonchev–Trinajstić information content (AvgIpc) is 2.73. The van der Waals surface area contributed by atoms with E-state index in [4.69, 9.17) is 4.74 Å². The van der Waals surface area contributed by atoms with Gasteiger partial charge < -0.3 is 4.74 Å². The van der Waals surface area contributed by atoms with Crippen LogP contribution in [0.5, 0.6) is 0 Å². The fraction of sp³-hybridized carbons (Fsp3) is 0.750. The number of ether oxygens (including phenoxy) is 1. The van der Waals surface area contributed by atoms with Gasteiger partial charge in [0.2, 0.25) is 0 Å². The molecule has 0 unspecified atom stereocenters. The number of hydrogen-bond donors (Lipinski definition) is 0. The van der Waals surface area contributed by atoms with Crippen LogP contribution in [-0.4, -0.2) is 36.1 Å². The van der Waals surface area contributed by atoms with Crippen molar-refractivity contribution < 1.29 is 9.53 Å². The molecule has 0 aromatic rings. The second kappa shape index (κ2) is 4.35.